The van der Waals surface area contributed by atoms with E-state index >= 15 is 0 Å². The van der Waals surface area contributed by atoms with Crippen LogP contribution in [0.4, 0.5) is 5.69 Å². The summed E-state index contributed by atoms with van der Waals surface area (Å²) >= 11 is 6.77. The minimum atomic E-state index is -0.347. The average Bonchev–Trinajstić information content (AvgIpc) is 3.27. The standard InChI is InChI=1S/C23H21N3O2S2/c1-16(17-8-3-2-4-9-17)24-22(28)19-11-5-6-12-20(19)25-23(29)26-21(27)14-13-18-10-7-15-30-18/h2-16H,1H3,(H,24,28)(H2,25,26,27,29)/b14-13+. The molecule has 0 aliphatic carbocycles. The molecule has 7 heteroatoms. The van der Waals surface area contributed by atoms with Crippen molar-refractivity contribution in [3.05, 3.63) is 94.2 Å². The maximum Gasteiger partial charge on any atom is 0.253 e. The Labute approximate surface area is 184 Å². The van der Waals surface area contributed by atoms with E-state index in [9.17, 15) is 9.59 Å². The number of hydrogen-bond acceptors (Lipinski definition) is 4. The average molecular weight is 436 g/mol. The zero-order chi connectivity index (χ0) is 21.3. The van der Waals surface area contributed by atoms with Crippen LogP contribution in [0.2, 0.25) is 0 Å². The number of nitrogens with one attached hydrogen (secondary N) is 3. The number of amides is 2. The van der Waals surface area contributed by atoms with Crippen LogP contribution in [0, 0.1) is 0 Å². The molecule has 0 saturated carbocycles. The van der Waals surface area contributed by atoms with Crippen LogP contribution in [0.1, 0.15) is 33.8 Å². The van der Waals surface area contributed by atoms with Crippen molar-refractivity contribution in [3.8, 4) is 0 Å². The van der Waals surface area contributed by atoms with Crippen molar-refractivity contribution in [2.75, 3.05) is 5.32 Å². The molecule has 5 nitrogen and oxygen atoms in total. The second-order valence-electron chi connectivity index (χ2n) is 6.44. The van der Waals surface area contributed by atoms with E-state index in [-0.39, 0.29) is 23.0 Å². The van der Waals surface area contributed by atoms with Crippen molar-refractivity contribution in [2.45, 2.75) is 13.0 Å². The first-order valence-corrected chi connectivity index (χ1v) is 10.6. The van der Waals surface area contributed by atoms with Gasteiger partial charge in [-0.2, -0.15) is 0 Å². The Morgan fingerprint density at radius 1 is 1.00 bits per heavy atom. The Hall–Kier alpha value is -3.29. The van der Waals surface area contributed by atoms with Crippen molar-refractivity contribution < 1.29 is 9.59 Å². The van der Waals surface area contributed by atoms with Crippen LogP contribution in [0.15, 0.2) is 78.2 Å². The van der Waals surface area contributed by atoms with Gasteiger partial charge in [0.2, 0.25) is 5.91 Å². The van der Waals surface area contributed by atoms with Crippen molar-refractivity contribution in [1.82, 2.24) is 10.6 Å². The van der Waals surface area contributed by atoms with E-state index in [2.05, 4.69) is 16.0 Å². The van der Waals surface area contributed by atoms with Crippen LogP contribution < -0.4 is 16.0 Å². The number of hydrogen-bond donors (Lipinski definition) is 3. The molecule has 152 valence electrons. The van der Waals surface area contributed by atoms with Crippen molar-refractivity contribution >= 4 is 52.2 Å². The van der Waals surface area contributed by atoms with Crippen molar-refractivity contribution in [3.63, 3.8) is 0 Å². The van der Waals surface area contributed by atoms with Crippen molar-refractivity contribution in [1.29, 1.82) is 0 Å². The van der Waals surface area contributed by atoms with Gasteiger partial charge in [-0.1, -0.05) is 48.5 Å². The maximum absolute atomic E-state index is 12.8. The summed E-state index contributed by atoms with van der Waals surface area (Å²) in [6.07, 6.45) is 3.13. The summed E-state index contributed by atoms with van der Waals surface area (Å²) in [6, 6.07) is 20.4. The van der Waals surface area contributed by atoms with Crippen LogP contribution >= 0.6 is 23.6 Å². The fourth-order valence-corrected chi connectivity index (χ4v) is 3.57. The number of thiocarbonyl (C=S) groups is 1. The van der Waals surface area contributed by atoms with E-state index in [1.807, 2.05) is 54.8 Å². The Balaban J connectivity index is 1.62. The Morgan fingerprint density at radius 3 is 2.47 bits per heavy atom. The Kier molecular flexibility index (Phi) is 7.48. The third-order valence-electron chi connectivity index (χ3n) is 4.25. The maximum atomic E-state index is 12.8. The number of rotatable bonds is 6. The van der Waals surface area contributed by atoms with Gasteiger partial charge in [-0.15, -0.1) is 11.3 Å². The molecular weight excluding hydrogens is 414 g/mol. The molecule has 0 spiro atoms. The summed E-state index contributed by atoms with van der Waals surface area (Å²) in [7, 11) is 0. The number of carbonyl (C=O) groups is 2. The Bertz CT molecular complexity index is 1050. The molecular formula is C23H21N3O2S2. The first-order valence-electron chi connectivity index (χ1n) is 9.31. The van der Waals surface area contributed by atoms with Gasteiger partial charge in [-0.3, -0.25) is 14.9 Å². The highest BCUT2D eigenvalue weighted by molar-refractivity contribution is 7.80. The molecule has 1 atom stereocenters. The molecule has 0 saturated heterocycles. The van der Waals surface area contributed by atoms with Crippen LogP contribution in [-0.4, -0.2) is 16.9 Å². The van der Waals surface area contributed by atoms with Gasteiger partial charge in [0, 0.05) is 11.0 Å². The molecule has 0 fully saturated rings. The molecule has 3 rings (SSSR count). The molecule has 30 heavy (non-hydrogen) atoms. The largest absolute Gasteiger partial charge is 0.345 e. The van der Waals surface area contributed by atoms with Gasteiger partial charge in [0.25, 0.3) is 5.91 Å². The van der Waals surface area contributed by atoms with Gasteiger partial charge < -0.3 is 10.6 Å². The monoisotopic (exact) mass is 435 g/mol. The number of benzene rings is 2. The lowest BCUT2D eigenvalue weighted by atomic mass is 10.1. The SMILES string of the molecule is CC(NC(=O)c1ccccc1NC(=S)NC(=O)/C=C/c1cccs1)c1ccccc1. The zero-order valence-electron chi connectivity index (χ0n) is 16.3. The summed E-state index contributed by atoms with van der Waals surface area (Å²) in [6.45, 7) is 1.92. The molecule has 0 bridgehead atoms. The topological polar surface area (TPSA) is 70.2 Å². The number of para-hydroxylation sites is 1. The molecule has 2 amide bonds. The van der Waals surface area contributed by atoms with E-state index in [1.165, 1.54) is 17.4 Å². The van der Waals surface area contributed by atoms with E-state index < -0.39 is 0 Å². The fourth-order valence-electron chi connectivity index (χ4n) is 2.74. The van der Waals surface area contributed by atoms with E-state index in [0.717, 1.165) is 10.4 Å². The van der Waals surface area contributed by atoms with Crippen LogP contribution in [-0.2, 0) is 4.79 Å². The Morgan fingerprint density at radius 2 is 1.73 bits per heavy atom. The quantitative estimate of drug-likeness (QED) is 0.385. The predicted molar refractivity (Wildman–Crippen MR) is 126 cm³/mol. The summed E-state index contributed by atoms with van der Waals surface area (Å²) in [5, 5.41) is 10.6. The summed E-state index contributed by atoms with van der Waals surface area (Å²) < 4.78 is 0. The van der Waals surface area contributed by atoms with Crippen LogP contribution in [0.25, 0.3) is 6.08 Å². The molecule has 0 aliphatic heterocycles. The van der Waals surface area contributed by atoms with E-state index in [4.69, 9.17) is 12.2 Å². The van der Waals surface area contributed by atoms with Gasteiger partial charge in [0.15, 0.2) is 5.11 Å². The third-order valence-corrected chi connectivity index (χ3v) is 5.29. The van der Waals surface area contributed by atoms with Gasteiger partial charge >= 0.3 is 0 Å². The second-order valence-corrected chi connectivity index (χ2v) is 7.83. The summed E-state index contributed by atoms with van der Waals surface area (Å²) in [4.78, 5) is 25.8. The lowest BCUT2D eigenvalue weighted by Crippen LogP contribution is -2.34. The molecule has 3 N–H and O–H groups in total. The minimum Gasteiger partial charge on any atom is -0.345 e. The summed E-state index contributed by atoms with van der Waals surface area (Å²) in [5.41, 5.74) is 1.96. The smallest absolute Gasteiger partial charge is 0.253 e. The minimum absolute atomic E-state index is 0.118. The third kappa shape index (κ3) is 6.10. The van der Waals surface area contributed by atoms with Gasteiger partial charge in [0.05, 0.1) is 17.3 Å². The molecule has 1 unspecified atom stereocenters. The first-order chi connectivity index (χ1) is 14.5. The number of anilines is 1. The first kappa shape index (κ1) is 21.4. The summed E-state index contributed by atoms with van der Waals surface area (Å²) in [5.74, 6) is -0.582. The van der Waals surface area contributed by atoms with E-state index in [1.54, 1.807) is 30.3 Å². The van der Waals surface area contributed by atoms with E-state index in [0.29, 0.717) is 11.3 Å². The van der Waals surface area contributed by atoms with Crippen molar-refractivity contribution in [2.24, 2.45) is 0 Å². The molecule has 2 aromatic carbocycles. The van der Waals surface area contributed by atoms with Gasteiger partial charge in [-0.25, -0.2) is 0 Å². The highest BCUT2D eigenvalue weighted by Crippen LogP contribution is 2.18. The second kappa shape index (κ2) is 10.5. The molecule has 3 aromatic rings. The zero-order valence-corrected chi connectivity index (χ0v) is 17.9. The van der Waals surface area contributed by atoms with Crippen LogP contribution in [0.5, 0.6) is 0 Å². The predicted octanol–water partition coefficient (Wildman–Crippen LogP) is 4.77. The lowest BCUT2D eigenvalue weighted by Gasteiger charge is -2.17. The normalized spacial score (nSPS) is 11.6. The highest BCUT2D eigenvalue weighted by Gasteiger charge is 2.15. The molecule has 1 heterocycles. The lowest BCUT2D eigenvalue weighted by molar-refractivity contribution is -0.115. The van der Waals surface area contributed by atoms with Gasteiger partial charge in [0.1, 0.15) is 0 Å². The number of carbonyl (C=O) groups excluding carboxylic acids is 2. The van der Waals surface area contributed by atoms with Gasteiger partial charge in [-0.05, 0) is 54.4 Å². The number of thiophene rings is 1. The fraction of sp³-hybridized carbons (Fsp3) is 0.0870. The van der Waals surface area contributed by atoms with Crippen LogP contribution in [0.3, 0.4) is 0 Å². The molecule has 1 aromatic heterocycles. The molecule has 0 radical (unpaired) electrons. The highest BCUT2D eigenvalue weighted by atomic mass is 32.1. The molecule has 0 aliphatic rings.